The maximum atomic E-state index is 13.1. The Bertz CT molecular complexity index is 416. The number of rotatable bonds is 6. The lowest BCUT2D eigenvalue weighted by molar-refractivity contribution is -0.138. The third-order valence-electron chi connectivity index (χ3n) is 3.43. The number of pyridine rings is 1. The van der Waals surface area contributed by atoms with Gasteiger partial charge in [-0.15, -0.1) is 0 Å². The van der Waals surface area contributed by atoms with Gasteiger partial charge < -0.3 is 5.32 Å². The van der Waals surface area contributed by atoms with Gasteiger partial charge in [-0.1, -0.05) is 20.8 Å². The topological polar surface area (TPSA) is 24.9 Å². The molecule has 1 heterocycles. The van der Waals surface area contributed by atoms with Crippen LogP contribution in [0.1, 0.15) is 51.3 Å². The van der Waals surface area contributed by atoms with E-state index < -0.39 is 11.7 Å². The molecule has 0 spiro atoms. The monoisotopic (exact) mass is 288 g/mol. The van der Waals surface area contributed by atoms with E-state index in [9.17, 15) is 13.2 Å². The number of hydrogen-bond donors (Lipinski definition) is 1. The summed E-state index contributed by atoms with van der Waals surface area (Å²) in [6.45, 7) is 8.62. The molecule has 0 saturated heterocycles. The molecule has 1 N–H and O–H groups in total. The molecule has 20 heavy (non-hydrogen) atoms. The van der Waals surface area contributed by atoms with Crippen LogP contribution in [0.5, 0.6) is 0 Å². The smallest absolute Gasteiger partial charge is 0.314 e. The van der Waals surface area contributed by atoms with Crippen LogP contribution in [0.25, 0.3) is 0 Å². The summed E-state index contributed by atoms with van der Waals surface area (Å²) >= 11 is 0. The molecule has 2 unspecified atom stereocenters. The number of hydrogen-bond acceptors (Lipinski definition) is 2. The average molecular weight is 288 g/mol. The lowest BCUT2D eigenvalue weighted by atomic mass is 9.84. The van der Waals surface area contributed by atoms with Crippen molar-refractivity contribution in [2.24, 2.45) is 5.92 Å². The first-order chi connectivity index (χ1) is 9.29. The molecule has 114 valence electrons. The van der Waals surface area contributed by atoms with Gasteiger partial charge in [0, 0.05) is 18.2 Å². The van der Waals surface area contributed by atoms with E-state index in [1.807, 2.05) is 27.7 Å². The average Bonchev–Trinajstić information content (AvgIpc) is 2.35. The highest BCUT2D eigenvalue weighted by molar-refractivity contribution is 5.27. The summed E-state index contributed by atoms with van der Waals surface area (Å²) in [6.07, 6.45) is -1.97. The lowest BCUT2D eigenvalue weighted by Gasteiger charge is -2.29. The predicted molar refractivity (Wildman–Crippen MR) is 74.6 cm³/mol. The van der Waals surface area contributed by atoms with Crippen LogP contribution >= 0.6 is 0 Å². The standard InChI is InChI=1S/C15H23F3N2/c1-5-8-19-11(4)13(10(2)3)14-12(15(16,17)18)7-6-9-20-14/h6-7,9-11,13,19H,5,8H2,1-4H3. The zero-order valence-corrected chi connectivity index (χ0v) is 12.5. The second kappa shape index (κ2) is 7.07. The minimum Gasteiger partial charge on any atom is -0.314 e. The molecule has 0 aliphatic heterocycles. The van der Waals surface area contributed by atoms with Gasteiger partial charge in [0.05, 0.1) is 11.3 Å². The van der Waals surface area contributed by atoms with Gasteiger partial charge in [-0.3, -0.25) is 4.98 Å². The summed E-state index contributed by atoms with van der Waals surface area (Å²) in [4.78, 5) is 4.04. The molecule has 0 amide bonds. The fourth-order valence-electron chi connectivity index (χ4n) is 2.55. The van der Waals surface area contributed by atoms with E-state index in [4.69, 9.17) is 0 Å². The SMILES string of the molecule is CCCNC(C)C(c1ncccc1C(F)(F)F)C(C)C. The number of nitrogens with zero attached hydrogens (tertiary/aromatic N) is 1. The number of nitrogens with one attached hydrogen (secondary N) is 1. The van der Waals surface area contributed by atoms with Crippen LogP contribution in [0.4, 0.5) is 13.2 Å². The van der Waals surface area contributed by atoms with E-state index in [-0.39, 0.29) is 23.6 Å². The summed E-state index contributed by atoms with van der Waals surface area (Å²) < 4.78 is 39.4. The van der Waals surface area contributed by atoms with E-state index in [1.54, 1.807) is 0 Å². The van der Waals surface area contributed by atoms with Crippen LogP contribution in [-0.2, 0) is 6.18 Å². The number of alkyl halides is 3. The number of aromatic nitrogens is 1. The summed E-state index contributed by atoms with van der Waals surface area (Å²) in [5.41, 5.74) is -0.477. The van der Waals surface area contributed by atoms with E-state index in [2.05, 4.69) is 10.3 Å². The van der Waals surface area contributed by atoms with Crippen LogP contribution in [0, 0.1) is 5.92 Å². The third-order valence-corrected chi connectivity index (χ3v) is 3.43. The van der Waals surface area contributed by atoms with Gasteiger partial charge in [0.2, 0.25) is 0 Å². The zero-order chi connectivity index (χ0) is 15.3. The van der Waals surface area contributed by atoms with Crippen LogP contribution in [0.2, 0.25) is 0 Å². The number of halogens is 3. The summed E-state index contributed by atoms with van der Waals surface area (Å²) in [5.74, 6) is -0.190. The molecule has 0 radical (unpaired) electrons. The summed E-state index contributed by atoms with van der Waals surface area (Å²) in [6, 6.07) is 2.41. The summed E-state index contributed by atoms with van der Waals surface area (Å²) in [5, 5.41) is 3.28. The first kappa shape index (κ1) is 17.0. The highest BCUT2D eigenvalue weighted by atomic mass is 19.4. The van der Waals surface area contributed by atoms with E-state index in [1.165, 1.54) is 12.3 Å². The van der Waals surface area contributed by atoms with Crippen LogP contribution in [0.15, 0.2) is 18.3 Å². The molecular weight excluding hydrogens is 265 g/mol. The Kier molecular flexibility index (Phi) is 5.99. The first-order valence-electron chi connectivity index (χ1n) is 7.04. The van der Waals surface area contributed by atoms with Gasteiger partial charge in [-0.2, -0.15) is 13.2 Å². The Labute approximate surface area is 118 Å². The minimum atomic E-state index is -4.36. The maximum absolute atomic E-state index is 13.1. The lowest BCUT2D eigenvalue weighted by Crippen LogP contribution is -2.36. The molecule has 2 atom stereocenters. The van der Waals surface area contributed by atoms with Crippen LogP contribution in [-0.4, -0.2) is 17.6 Å². The van der Waals surface area contributed by atoms with Crippen molar-refractivity contribution in [2.75, 3.05) is 6.54 Å². The Morgan fingerprint density at radius 2 is 1.90 bits per heavy atom. The van der Waals surface area contributed by atoms with Crippen LogP contribution in [0.3, 0.4) is 0 Å². The van der Waals surface area contributed by atoms with E-state index in [0.717, 1.165) is 19.0 Å². The zero-order valence-electron chi connectivity index (χ0n) is 12.5. The Hall–Kier alpha value is -1.10. The van der Waals surface area contributed by atoms with Gasteiger partial charge >= 0.3 is 6.18 Å². The molecule has 2 nitrogen and oxygen atoms in total. The normalized spacial score (nSPS) is 15.4. The van der Waals surface area contributed by atoms with Crippen molar-refractivity contribution >= 4 is 0 Å². The molecule has 0 saturated carbocycles. The van der Waals surface area contributed by atoms with E-state index in [0.29, 0.717) is 0 Å². The molecule has 0 aromatic carbocycles. The van der Waals surface area contributed by atoms with Crippen molar-refractivity contribution in [1.82, 2.24) is 10.3 Å². The first-order valence-corrected chi connectivity index (χ1v) is 7.04. The van der Waals surface area contributed by atoms with Gasteiger partial charge in [0.15, 0.2) is 0 Å². The molecule has 1 aromatic heterocycles. The van der Waals surface area contributed by atoms with Gasteiger partial charge in [0.1, 0.15) is 0 Å². The molecule has 0 bridgehead atoms. The molecule has 1 aromatic rings. The molecule has 0 aliphatic carbocycles. The molecule has 0 fully saturated rings. The Morgan fingerprint density at radius 3 is 2.40 bits per heavy atom. The molecular formula is C15H23F3N2. The van der Waals surface area contributed by atoms with E-state index >= 15 is 0 Å². The van der Waals surface area contributed by atoms with Crippen LogP contribution < -0.4 is 5.32 Å². The van der Waals surface area contributed by atoms with Gasteiger partial charge in [-0.25, -0.2) is 0 Å². The van der Waals surface area contributed by atoms with Crippen molar-refractivity contribution < 1.29 is 13.2 Å². The largest absolute Gasteiger partial charge is 0.418 e. The Balaban J connectivity index is 3.16. The molecule has 0 aliphatic rings. The minimum absolute atomic E-state index is 0.0500. The van der Waals surface area contributed by atoms with Gasteiger partial charge in [0.25, 0.3) is 0 Å². The predicted octanol–water partition coefficient (Wildman–Crippen LogP) is 4.23. The second-order valence-electron chi connectivity index (χ2n) is 5.45. The van der Waals surface area contributed by atoms with Crippen molar-refractivity contribution in [3.8, 4) is 0 Å². The third kappa shape index (κ3) is 4.20. The highest BCUT2D eigenvalue weighted by Crippen LogP contribution is 2.37. The fraction of sp³-hybridized carbons (Fsp3) is 0.667. The maximum Gasteiger partial charge on any atom is 0.418 e. The quantitative estimate of drug-likeness (QED) is 0.847. The van der Waals surface area contributed by atoms with Crippen molar-refractivity contribution in [3.05, 3.63) is 29.6 Å². The Morgan fingerprint density at radius 1 is 1.25 bits per heavy atom. The summed E-state index contributed by atoms with van der Waals surface area (Å²) in [7, 11) is 0. The van der Waals surface area contributed by atoms with Crippen molar-refractivity contribution in [2.45, 2.75) is 52.3 Å². The van der Waals surface area contributed by atoms with Crippen molar-refractivity contribution in [3.63, 3.8) is 0 Å². The van der Waals surface area contributed by atoms with Crippen molar-refractivity contribution in [1.29, 1.82) is 0 Å². The second-order valence-corrected chi connectivity index (χ2v) is 5.45. The van der Waals surface area contributed by atoms with Gasteiger partial charge in [-0.05, 0) is 37.9 Å². The highest BCUT2D eigenvalue weighted by Gasteiger charge is 2.37. The molecule has 1 rings (SSSR count). The molecule has 5 heteroatoms. The fourth-order valence-corrected chi connectivity index (χ4v) is 2.55.